The Morgan fingerprint density at radius 1 is 1.75 bits per heavy atom. The number of rotatable bonds is 4. The maximum absolute atomic E-state index is 3.66. The summed E-state index contributed by atoms with van der Waals surface area (Å²) in [4.78, 5) is 0. The van der Waals surface area contributed by atoms with Crippen LogP contribution in [0.5, 0.6) is 0 Å². The molecule has 1 heteroatoms. The number of hydrogen-bond donors (Lipinski definition) is 0. The summed E-state index contributed by atoms with van der Waals surface area (Å²) in [6.07, 6.45) is 5.73. The minimum Gasteiger partial charge on any atom is -0.103 e. The largest absolute Gasteiger partial charge is 0.103 e. The van der Waals surface area contributed by atoms with Crippen LogP contribution >= 0.6 is 22.6 Å². The van der Waals surface area contributed by atoms with Gasteiger partial charge in [-0.2, -0.15) is 0 Å². The van der Waals surface area contributed by atoms with Gasteiger partial charge in [-0.15, -0.1) is 6.58 Å². The Labute approximate surface area is 65.5 Å². The molecular weight excluding hydrogens is 211 g/mol. The van der Waals surface area contributed by atoms with Crippen LogP contribution in [0.3, 0.4) is 0 Å². The number of allylic oxidation sites excluding steroid dienone is 1. The third-order valence-electron chi connectivity index (χ3n) is 1.13. The molecule has 0 spiro atoms. The third-order valence-corrected chi connectivity index (χ3v) is 2.63. The highest BCUT2D eigenvalue weighted by atomic mass is 127. The van der Waals surface area contributed by atoms with E-state index in [0.29, 0.717) is 0 Å². The second-order valence-corrected chi connectivity index (χ2v) is 3.63. The van der Waals surface area contributed by atoms with E-state index in [4.69, 9.17) is 0 Å². The molecule has 48 valence electrons. The molecule has 0 aromatic carbocycles. The molecule has 0 bridgehead atoms. The van der Waals surface area contributed by atoms with E-state index in [2.05, 4.69) is 36.1 Å². The van der Waals surface area contributed by atoms with Crippen molar-refractivity contribution < 1.29 is 0 Å². The van der Waals surface area contributed by atoms with Gasteiger partial charge < -0.3 is 0 Å². The van der Waals surface area contributed by atoms with Crippen molar-refractivity contribution in [2.75, 3.05) is 0 Å². The summed E-state index contributed by atoms with van der Waals surface area (Å²) < 4.78 is 0.852. The van der Waals surface area contributed by atoms with Gasteiger partial charge in [0.1, 0.15) is 0 Å². The van der Waals surface area contributed by atoms with Crippen molar-refractivity contribution in [3.63, 3.8) is 0 Å². The lowest BCUT2D eigenvalue weighted by Gasteiger charge is -2.01. The number of hydrogen-bond acceptors (Lipinski definition) is 0. The molecule has 0 saturated heterocycles. The highest BCUT2D eigenvalue weighted by Crippen LogP contribution is 2.11. The van der Waals surface area contributed by atoms with Crippen molar-refractivity contribution >= 4 is 22.6 Å². The van der Waals surface area contributed by atoms with Gasteiger partial charge in [-0.05, 0) is 19.3 Å². The molecule has 0 aliphatic rings. The summed E-state index contributed by atoms with van der Waals surface area (Å²) in [5, 5.41) is 0. The molecule has 0 amide bonds. The van der Waals surface area contributed by atoms with Crippen LogP contribution in [-0.2, 0) is 0 Å². The van der Waals surface area contributed by atoms with Crippen LogP contribution in [0, 0.1) is 0 Å². The van der Waals surface area contributed by atoms with E-state index in [1.807, 2.05) is 6.08 Å². The second kappa shape index (κ2) is 5.60. The number of halogens is 1. The van der Waals surface area contributed by atoms with E-state index in [1.54, 1.807) is 0 Å². The fraction of sp³-hybridized carbons (Fsp3) is 0.714. The van der Waals surface area contributed by atoms with E-state index in [1.165, 1.54) is 19.3 Å². The van der Waals surface area contributed by atoms with Crippen molar-refractivity contribution in [2.24, 2.45) is 0 Å². The lowest BCUT2D eigenvalue weighted by Crippen LogP contribution is -1.91. The Balaban J connectivity index is 2.97. The molecule has 0 fully saturated rings. The second-order valence-electron chi connectivity index (χ2n) is 1.87. The van der Waals surface area contributed by atoms with Crippen molar-refractivity contribution in [2.45, 2.75) is 30.1 Å². The molecule has 0 heterocycles. The molecule has 0 rings (SSSR count). The Bertz CT molecular complexity index is 59.4. The fourth-order valence-electron chi connectivity index (χ4n) is 0.503. The van der Waals surface area contributed by atoms with Crippen molar-refractivity contribution in [3.8, 4) is 0 Å². The smallest absolute Gasteiger partial charge is 0.0110 e. The molecule has 1 unspecified atom stereocenters. The Morgan fingerprint density at radius 2 is 2.38 bits per heavy atom. The first-order valence-corrected chi connectivity index (χ1v) is 4.30. The molecule has 1 atom stereocenters. The van der Waals surface area contributed by atoms with Gasteiger partial charge in [0.15, 0.2) is 0 Å². The Hall–Kier alpha value is 0.470. The van der Waals surface area contributed by atoms with Gasteiger partial charge in [0.2, 0.25) is 0 Å². The third kappa shape index (κ3) is 4.62. The fourth-order valence-corrected chi connectivity index (χ4v) is 0.862. The quantitative estimate of drug-likeness (QED) is 0.391. The lowest BCUT2D eigenvalue weighted by atomic mass is 10.2. The van der Waals surface area contributed by atoms with E-state index in [-0.39, 0.29) is 0 Å². The van der Waals surface area contributed by atoms with E-state index < -0.39 is 0 Å². The number of alkyl halides is 1. The van der Waals surface area contributed by atoms with Gasteiger partial charge in [0.25, 0.3) is 0 Å². The van der Waals surface area contributed by atoms with Crippen molar-refractivity contribution in [1.29, 1.82) is 0 Å². The minimum absolute atomic E-state index is 0.852. The summed E-state index contributed by atoms with van der Waals surface area (Å²) >= 11 is 2.48. The van der Waals surface area contributed by atoms with Gasteiger partial charge in [-0.25, -0.2) is 0 Å². The first-order valence-electron chi connectivity index (χ1n) is 3.06. The predicted molar refractivity (Wildman–Crippen MR) is 47.5 cm³/mol. The van der Waals surface area contributed by atoms with E-state index >= 15 is 0 Å². The molecule has 0 radical (unpaired) electrons. The van der Waals surface area contributed by atoms with Crippen LogP contribution < -0.4 is 0 Å². The van der Waals surface area contributed by atoms with Crippen LogP contribution in [0.1, 0.15) is 26.2 Å². The molecule has 0 aliphatic carbocycles. The zero-order valence-corrected chi connectivity index (χ0v) is 7.52. The molecule has 0 aromatic heterocycles. The molecule has 8 heavy (non-hydrogen) atoms. The Morgan fingerprint density at radius 3 is 2.75 bits per heavy atom. The van der Waals surface area contributed by atoms with Gasteiger partial charge >= 0.3 is 0 Å². The summed E-state index contributed by atoms with van der Waals surface area (Å²) in [6.45, 7) is 5.89. The van der Waals surface area contributed by atoms with Crippen LogP contribution in [-0.4, -0.2) is 3.92 Å². The summed E-state index contributed by atoms with van der Waals surface area (Å²) in [7, 11) is 0. The minimum atomic E-state index is 0.852. The topological polar surface area (TPSA) is 0 Å². The van der Waals surface area contributed by atoms with E-state index in [9.17, 15) is 0 Å². The molecule has 0 aliphatic heterocycles. The molecule has 0 N–H and O–H groups in total. The molecule has 0 aromatic rings. The van der Waals surface area contributed by atoms with Crippen LogP contribution in [0.15, 0.2) is 12.7 Å². The summed E-state index contributed by atoms with van der Waals surface area (Å²) in [5.74, 6) is 0. The highest BCUT2D eigenvalue weighted by molar-refractivity contribution is 14.1. The first kappa shape index (κ1) is 8.47. The normalized spacial score (nSPS) is 13.2. The maximum Gasteiger partial charge on any atom is 0.0110 e. The van der Waals surface area contributed by atoms with Crippen molar-refractivity contribution in [1.82, 2.24) is 0 Å². The zero-order valence-electron chi connectivity index (χ0n) is 5.36. The molecular formula is C7H13I. The molecule has 0 nitrogen and oxygen atoms in total. The predicted octanol–water partition coefficient (Wildman–Crippen LogP) is 3.17. The van der Waals surface area contributed by atoms with Gasteiger partial charge in [0.05, 0.1) is 0 Å². The first-order chi connectivity index (χ1) is 3.81. The summed E-state index contributed by atoms with van der Waals surface area (Å²) in [6, 6.07) is 0. The highest BCUT2D eigenvalue weighted by Gasteiger charge is 1.95. The lowest BCUT2D eigenvalue weighted by molar-refractivity contribution is 0.773. The van der Waals surface area contributed by atoms with Gasteiger partial charge in [-0.1, -0.05) is 35.6 Å². The average Bonchev–Trinajstić information content (AvgIpc) is 1.83. The van der Waals surface area contributed by atoms with Crippen LogP contribution in [0.2, 0.25) is 0 Å². The van der Waals surface area contributed by atoms with Crippen LogP contribution in [0.25, 0.3) is 0 Å². The standard InChI is InChI=1S/C7H13I/c1-3-5-6-7(8)4-2/h3,7H,1,4-6H2,2H3. The maximum atomic E-state index is 3.66. The summed E-state index contributed by atoms with van der Waals surface area (Å²) in [5.41, 5.74) is 0. The van der Waals surface area contributed by atoms with Crippen LogP contribution in [0.4, 0.5) is 0 Å². The van der Waals surface area contributed by atoms with Gasteiger partial charge in [-0.3, -0.25) is 0 Å². The zero-order chi connectivity index (χ0) is 6.41. The monoisotopic (exact) mass is 224 g/mol. The average molecular weight is 224 g/mol. The molecule has 0 saturated carbocycles. The van der Waals surface area contributed by atoms with Crippen molar-refractivity contribution in [3.05, 3.63) is 12.7 Å². The SMILES string of the molecule is C=CCCC(I)CC. The Kier molecular flexibility index (Phi) is 5.93. The van der Waals surface area contributed by atoms with Gasteiger partial charge in [0, 0.05) is 3.92 Å². The van der Waals surface area contributed by atoms with E-state index in [0.717, 1.165) is 3.92 Å².